The van der Waals surface area contributed by atoms with Crippen molar-refractivity contribution in [2.75, 3.05) is 7.05 Å². The first-order chi connectivity index (χ1) is 22.6. The number of amides is 1. The van der Waals surface area contributed by atoms with Gasteiger partial charge in [0.05, 0.1) is 18.3 Å². The van der Waals surface area contributed by atoms with E-state index >= 15 is 0 Å². The SMILES string of the molecule is C#CC#CC#CC#CC#CC#CC#C[N+](C)(C#CC#CC#CC#CC#CC)C(=O)CCCCCCC/C=C/CCCCCCCC. The molecule has 226 valence electrons. The van der Waals surface area contributed by atoms with Crippen molar-refractivity contribution in [1.29, 1.82) is 0 Å². The third kappa shape index (κ3) is 27.0. The predicted octanol–water partition coefficient (Wildman–Crippen LogP) is 6.60. The van der Waals surface area contributed by atoms with Crippen LogP contribution in [-0.2, 0) is 4.79 Å². The molecule has 2 heteroatoms. The van der Waals surface area contributed by atoms with Crippen LogP contribution in [0.25, 0.3) is 0 Å². The molecule has 46 heavy (non-hydrogen) atoms. The molecule has 0 aromatic heterocycles. The highest BCUT2D eigenvalue weighted by molar-refractivity contribution is 5.71. The van der Waals surface area contributed by atoms with Crippen molar-refractivity contribution in [2.45, 2.75) is 104 Å². The van der Waals surface area contributed by atoms with E-state index in [0.717, 1.165) is 32.1 Å². The van der Waals surface area contributed by atoms with Crippen molar-refractivity contribution in [3.63, 3.8) is 0 Å². The molecule has 2 nitrogen and oxygen atoms in total. The van der Waals surface area contributed by atoms with Gasteiger partial charge in [-0.25, -0.2) is 4.79 Å². The normalized spacial score (nSPS) is 9.09. The van der Waals surface area contributed by atoms with Gasteiger partial charge in [-0.1, -0.05) is 76.4 Å². The quantitative estimate of drug-likeness (QED) is 0.0899. The summed E-state index contributed by atoms with van der Waals surface area (Å²) in [5, 5.41) is 0. The topological polar surface area (TPSA) is 17.1 Å². The third-order valence-corrected chi connectivity index (χ3v) is 5.97. The summed E-state index contributed by atoms with van der Waals surface area (Å²) >= 11 is 0. The van der Waals surface area contributed by atoms with Crippen LogP contribution < -0.4 is 0 Å². The number of allylic oxidation sites excluding steroid dienone is 2. The lowest BCUT2D eigenvalue weighted by atomic mass is 10.1. The van der Waals surface area contributed by atoms with E-state index < -0.39 is 4.48 Å². The Labute approximate surface area is 280 Å². The number of carbonyl (C=O) groups is 1. The Balaban J connectivity index is 5.03. The van der Waals surface area contributed by atoms with Gasteiger partial charge in [-0.3, -0.25) is 0 Å². The molecular formula is C44H40NO+. The third-order valence-electron chi connectivity index (χ3n) is 5.97. The lowest BCUT2D eigenvalue weighted by molar-refractivity contribution is -0.690. The van der Waals surface area contributed by atoms with Gasteiger partial charge in [-0.2, -0.15) is 0 Å². The summed E-state index contributed by atoms with van der Waals surface area (Å²) in [5.41, 5.74) is 0. The Morgan fingerprint density at radius 1 is 0.522 bits per heavy atom. The summed E-state index contributed by atoms with van der Waals surface area (Å²) < 4.78 is -0.437. The molecule has 0 fully saturated rings. The van der Waals surface area contributed by atoms with Crippen LogP contribution in [0, 0.1) is 143 Å². The number of quaternary nitrogens is 1. The molecule has 1 atom stereocenters. The minimum absolute atomic E-state index is 0.125. The van der Waals surface area contributed by atoms with E-state index in [1.807, 2.05) is 0 Å². The fourth-order valence-electron chi connectivity index (χ4n) is 3.57. The van der Waals surface area contributed by atoms with E-state index in [-0.39, 0.29) is 5.91 Å². The Hall–Kier alpha value is -5.91. The summed E-state index contributed by atoms with van der Waals surface area (Å²) in [4.78, 5) is 13.1. The number of hydrogen-bond donors (Lipinski definition) is 0. The summed E-state index contributed by atoms with van der Waals surface area (Å²) in [6.07, 6.45) is 25.5. The van der Waals surface area contributed by atoms with Crippen molar-refractivity contribution in [1.82, 2.24) is 0 Å². The number of hydrogen-bond acceptors (Lipinski definition) is 1. The number of nitrogens with zero attached hydrogens (tertiary/aromatic N) is 1. The Kier molecular flexibility index (Phi) is 27.9. The Bertz CT molecular complexity index is 1770. The average molecular weight is 599 g/mol. The molecule has 0 aromatic rings. The molecule has 0 saturated carbocycles. The maximum atomic E-state index is 13.1. The molecule has 0 spiro atoms. The van der Waals surface area contributed by atoms with Crippen LogP contribution in [0.1, 0.15) is 104 Å². The van der Waals surface area contributed by atoms with Gasteiger partial charge in [-0.15, -0.1) is 10.9 Å². The number of carbonyl (C=O) groups excluding carboxylic acids is 1. The van der Waals surface area contributed by atoms with Gasteiger partial charge in [0, 0.05) is 47.4 Å². The van der Waals surface area contributed by atoms with Gasteiger partial charge in [0.15, 0.2) is 12.1 Å². The minimum atomic E-state index is -0.437. The minimum Gasteiger partial charge on any atom is -0.228 e. The lowest BCUT2D eigenvalue weighted by Gasteiger charge is -2.14. The van der Waals surface area contributed by atoms with Gasteiger partial charge in [0.2, 0.25) is 0 Å². The molecule has 0 aliphatic carbocycles. The molecule has 1 unspecified atom stereocenters. The van der Waals surface area contributed by atoms with Crippen molar-refractivity contribution < 1.29 is 9.28 Å². The second-order valence-corrected chi connectivity index (χ2v) is 9.73. The highest BCUT2D eigenvalue weighted by Crippen LogP contribution is 2.12. The summed E-state index contributed by atoms with van der Waals surface area (Å²) in [6.45, 7) is 3.95. The van der Waals surface area contributed by atoms with E-state index in [4.69, 9.17) is 6.42 Å². The maximum absolute atomic E-state index is 13.1. The standard InChI is InChI=1S/C44H40NO/c1-5-8-11-14-17-20-22-24-25-26-27-29-32-35-38-41-44(46)45(4,42-39-36-33-30-19-16-13-10-7-3)43-40-37-34-31-28-23-21-18-15-12-9-6-2/h2,24-25H,5,8,11,14,17,20,22,26-27,29,32,35,38,41H2,1,3-4H3/q+1/b25-24+. The second kappa shape index (κ2) is 32.0. The molecular weight excluding hydrogens is 558 g/mol. The summed E-state index contributed by atoms with van der Waals surface area (Å²) in [5.74, 6) is 53.2. The van der Waals surface area contributed by atoms with Gasteiger partial charge in [-0.05, 0) is 98.2 Å². The number of rotatable bonds is 15. The molecule has 0 radical (unpaired) electrons. The zero-order valence-electron chi connectivity index (χ0n) is 27.5. The average Bonchev–Trinajstić information content (AvgIpc) is 3.06. The highest BCUT2D eigenvalue weighted by atomic mass is 16.2. The van der Waals surface area contributed by atoms with Gasteiger partial charge in [0.1, 0.15) is 7.05 Å². The van der Waals surface area contributed by atoms with Crippen LogP contribution in [0.15, 0.2) is 12.2 Å². The molecule has 0 N–H and O–H groups in total. The molecule has 0 aromatic carbocycles. The molecule has 1 amide bonds. The van der Waals surface area contributed by atoms with Crippen LogP contribution in [0.3, 0.4) is 0 Å². The smallest absolute Gasteiger partial charge is 0.228 e. The molecule has 0 rings (SSSR count). The van der Waals surface area contributed by atoms with E-state index in [1.54, 1.807) is 14.0 Å². The largest absolute Gasteiger partial charge is 0.339 e. The van der Waals surface area contributed by atoms with Crippen molar-refractivity contribution in [3.8, 4) is 143 Å². The van der Waals surface area contributed by atoms with E-state index in [0.29, 0.717) is 6.42 Å². The molecule has 0 saturated heterocycles. The highest BCUT2D eigenvalue weighted by Gasteiger charge is 2.29. The maximum Gasteiger partial charge on any atom is 0.339 e. The Morgan fingerprint density at radius 3 is 1.33 bits per heavy atom. The van der Waals surface area contributed by atoms with Crippen LogP contribution in [0.2, 0.25) is 0 Å². The van der Waals surface area contributed by atoms with Gasteiger partial charge >= 0.3 is 5.91 Å². The van der Waals surface area contributed by atoms with Crippen molar-refractivity contribution in [3.05, 3.63) is 12.2 Å². The first-order valence-electron chi connectivity index (χ1n) is 15.6. The van der Waals surface area contributed by atoms with Crippen LogP contribution in [0.5, 0.6) is 0 Å². The van der Waals surface area contributed by atoms with Crippen LogP contribution in [0.4, 0.5) is 0 Å². The van der Waals surface area contributed by atoms with E-state index in [9.17, 15) is 4.79 Å². The summed E-state index contributed by atoms with van der Waals surface area (Å²) in [6, 6.07) is 5.68. The van der Waals surface area contributed by atoms with Crippen LogP contribution in [-0.4, -0.2) is 17.4 Å². The fourth-order valence-corrected chi connectivity index (χ4v) is 3.57. The molecule has 0 bridgehead atoms. The van der Waals surface area contributed by atoms with E-state index in [2.05, 4.69) is 155 Å². The first-order valence-corrected chi connectivity index (χ1v) is 15.6. The second-order valence-electron chi connectivity index (χ2n) is 9.73. The zero-order valence-corrected chi connectivity index (χ0v) is 27.5. The molecule has 0 aliphatic heterocycles. The zero-order chi connectivity index (χ0) is 33.7. The first kappa shape index (κ1) is 40.1. The van der Waals surface area contributed by atoms with Gasteiger partial charge in [0.25, 0.3) is 0 Å². The fraction of sp³-hybridized carbons (Fsp3) is 0.386. The predicted molar refractivity (Wildman–Crippen MR) is 191 cm³/mol. The number of terminal acetylenes is 1. The lowest BCUT2D eigenvalue weighted by Crippen LogP contribution is -2.40. The molecule has 0 aliphatic rings. The van der Waals surface area contributed by atoms with Crippen molar-refractivity contribution in [2.24, 2.45) is 0 Å². The van der Waals surface area contributed by atoms with Crippen LogP contribution >= 0.6 is 0 Å². The Morgan fingerprint density at radius 2 is 0.891 bits per heavy atom. The number of unbranched alkanes of at least 4 members (excludes halogenated alkanes) is 11. The van der Waals surface area contributed by atoms with Gasteiger partial charge < -0.3 is 0 Å². The summed E-state index contributed by atoms with van der Waals surface area (Å²) in [7, 11) is 1.63. The van der Waals surface area contributed by atoms with Crippen molar-refractivity contribution >= 4 is 5.91 Å². The van der Waals surface area contributed by atoms with E-state index in [1.165, 1.54) is 51.4 Å². The monoisotopic (exact) mass is 598 g/mol. The molecule has 0 heterocycles.